The Morgan fingerprint density at radius 3 is 2.29 bits per heavy atom. The number of fused-ring (bicyclic) bond motifs is 3. The number of alkyl halides is 3. The van der Waals surface area contributed by atoms with Crippen LogP contribution in [0.2, 0.25) is 0 Å². The maximum atomic E-state index is 12.3. The predicted molar refractivity (Wildman–Crippen MR) is 82.6 cm³/mol. The van der Waals surface area contributed by atoms with Gasteiger partial charge in [-0.1, -0.05) is 30.3 Å². The fraction of sp³-hybridized carbons (Fsp3) is 0.188. The van der Waals surface area contributed by atoms with Gasteiger partial charge in [0, 0.05) is 16.8 Å². The van der Waals surface area contributed by atoms with Crippen LogP contribution in [0, 0.1) is 0 Å². The normalized spacial score (nSPS) is 12.8. The van der Waals surface area contributed by atoms with Gasteiger partial charge in [0.1, 0.15) is 6.61 Å². The second-order valence-electron chi connectivity index (χ2n) is 5.15. The number of halogens is 3. The van der Waals surface area contributed by atoms with Crippen molar-refractivity contribution in [3.63, 3.8) is 0 Å². The lowest BCUT2D eigenvalue weighted by atomic mass is 10.1. The molecule has 8 heteroatoms. The third kappa shape index (κ3) is 3.07. The molecule has 0 spiro atoms. The van der Waals surface area contributed by atoms with Crippen LogP contribution in [-0.2, 0) is 20.8 Å². The molecule has 0 atom stereocenters. The highest BCUT2D eigenvalue weighted by Crippen LogP contribution is 2.25. The van der Waals surface area contributed by atoms with Crippen molar-refractivity contribution in [2.45, 2.75) is 12.1 Å². The summed E-state index contributed by atoms with van der Waals surface area (Å²) >= 11 is 0. The Bertz CT molecular complexity index is 1000. The van der Waals surface area contributed by atoms with E-state index in [1.165, 1.54) is 0 Å². The van der Waals surface area contributed by atoms with Gasteiger partial charge in [-0.2, -0.15) is 26.2 Å². The molecule has 0 aliphatic heterocycles. The van der Waals surface area contributed by atoms with Crippen LogP contribution in [0.5, 0.6) is 0 Å². The molecular formula is C16H13F3NO3S+. The topological polar surface area (TPSA) is 47.3 Å². The molecular weight excluding hydrogens is 343 g/mol. The van der Waals surface area contributed by atoms with Crippen molar-refractivity contribution in [2.24, 2.45) is 0 Å². The zero-order valence-electron chi connectivity index (χ0n) is 12.3. The Hall–Kier alpha value is -2.19. The summed E-state index contributed by atoms with van der Waals surface area (Å²) in [5.41, 5.74) is -4.63. The van der Waals surface area contributed by atoms with E-state index >= 15 is 0 Å². The lowest BCUT2D eigenvalue weighted by Crippen LogP contribution is -2.38. The molecule has 3 aromatic rings. The number of hydrogen-bond donors (Lipinski definition) is 0. The summed E-state index contributed by atoms with van der Waals surface area (Å²) in [5, 5.41) is 2.83. The summed E-state index contributed by atoms with van der Waals surface area (Å²) < 4.78 is 64.6. The van der Waals surface area contributed by atoms with Gasteiger partial charge in [0.15, 0.2) is 12.7 Å². The first kappa shape index (κ1) is 16.7. The van der Waals surface area contributed by atoms with Crippen molar-refractivity contribution < 1.29 is 30.3 Å². The summed E-state index contributed by atoms with van der Waals surface area (Å²) in [5.74, 6) is 0. The largest absolute Gasteiger partial charge is 0.523 e. The van der Waals surface area contributed by atoms with E-state index in [2.05, 4.69) is 4.18 Å². The summed E-state index contributed by atoms with van der Waals surface area (Å²) in [6, 6.07) is 15.0. The monoisotopic (exact) mass is 356 g/mol. The van der Waals surface area contributed by atoms with E-state index in [0.29, 0.717) is 0 Å². The van der Waals surface area contributed by atoms with Crippen molar-refractivity contribution in [3.05, 3.63) is 54.7 Å². The number of benzene rings is 2. The van der Waals surface area contributed by atoms with E-state index in [1.54, 1.807) is 16.8 Å². The fourth-order valence-corrected chi connectivity index (χ4v) is 2.97. The Balaban J connectivity index is 1.95. The lowest BCUT2D eigenvalue weighted by molar-refractivity contribution is -0.670. The van der Waals surface area contributed by atoms with Crippen molar-refractivity contribution >= 4 is 31.8 Å². The van der Waals surface area contributed by atoms with Gasteiger partial charge in [0.05, 0.1) is 5.39 Å². The lowest BCUT2D eigenvalue weighted by Gasteiger charge is -2.08. The average Bonchev–Trinajstić information content (AvgIpc) is 2.54. The second kappa shape index (κ2) is 6.03. The first-order valence-corrected chi connectivity index (χ1v) is 8.46. The Kier molecular flexibility index (Phi) is 4.18. The third-order valence-corrected chi connectivity index (χ3v) is 4.66. The molecule has 3 rings (SSSR count). The van der Waals surface area contributed by atoms with Crippen LogP contribution in [0.1, 0.15) is 0 Å². The van der Waals surface area contributed by atoms with Crippen LogP contribution < -0.4 is 4.57 Å². The van der Waals surface area contributed by atoms with Crippen LogP contribution in [0.25, 0.3) is 21.7 Å². The molecule has 4 nitrogen and oxygen atoms in total. The van der Waals surface area contributed by atoms with Crippen LogP contribution in [-0.4, -0.2) is 20.5 Å². The van der Waals surface area contributed by atoms with E-state index in [9.17, 15) is 21.6 Å². The average molecular weight is 356 g/mol. The Morgan fingerprint density at radius 1 is 0.958 bits per heavy atom. The standard InChI is InChI=1S/C16H13F3NO3S/c17-16(18,19)24(21,22)23-10-9-20-11-12-5-1-2-6-13(12)14-7-3-4-8-15(14)20/h1-8,11H,9-10H2/q+1. The predicted octanol–water partition coefficient (Wildman–Crippen LogP) is 3.15. The number of aromatic nitrogens is 1. The number of rotatable bonds is 4. The number of nitrogens with zero attached hydrogens (tertiary/aromatic N) is 1. The van der Waals surface area contributed by atoms with Gasteiger partial charge in [0.25, 0.3) is 0 Å². The molecule has 0 radical (unpaired) electrons. The molecule has 0 unspecified atom stereocenters. The number of hydrogen-bond acceptors (Lipinski definition) is 3. The molecule has 0 N–H and O–H groups in total. The molecule has 0 saturated carbocycles. The molecule has 126 valence electrons. The van der Waals surface area contributed by atoms with Gasteiger partial charge in [-0.05, 0) is 12.1 Å². The molecule has 24 heavy (non-hydrogen) atoms. The second-order valence-corrected chi connectivity index (χ2v) is 6.76. The van der Waals surface area contributed by atoms with Crippen LogP contribution in [0.15, 0.2) is 54.7 Å². The molecule has 2 aromatic carbocycles. The molecule has 1 aromatic heterocycles. The number of para-hydroxylation sites is 1. The highest BCUT2D eigenvalue weighted by molar-refractivity contribution is 7.87. The molecule has 0 bridgehead atoms. The summed E-state index contributed by atoms with van der Waals surface area (Å²) in [6.45, 7) is -0.629. The number of pyridine rings is 1. The molecule has 0 fully saturated rings. The zero-order valence-corrected chi connectivity index (χ0v) is 13.1. The summed E-state index contributed by atoms with van der Waals surface area (Å²) in [4.78, 5) is 0. The van der Waals surface area contributed by atoms with Gasteiger partial charge in [-0.15, -0.1) is 0 Å². The van der Waals surface area contributed by atoms with E-state index < -0.39 is 22.2 Å². The van der Waals surface area contributed by atoms with Crippen molar-refractivity contribution in [3.8, 4) is 0 Å². The minimum Gasteiger partial charge on any atom is -0.256 e. The van der Waals surface area contributed by atoms with Crippen LogP contribution in [0.3, 0.4) is 0 Å². The van der Waals surface area contributed by atoms with Gasteiger partial charge >= 0.3 is 15.6 Å². The Morgan fingerprint density at radius 2 is 1.58 bits per heavy atom. The van der Waals surface area contributed by atoms with Gasteiger partial charge < -0.3 is 0 Å². The van der Waals surface area contributed by atoms with Crippen molar-refractivity contribution in [1.29, 1.82) is 0 Å². The quantitative estimate of drug-likeness (QED) is 0.312. The molecule has 0 aliphatic rings. The first-order chi connectivity index (χ1) is 11.3. The highest BCUT2D eigenvalue weighted by atomic mass is 32.2. The Labute approximate surface area is 136 Å². The fourth-order valence-electron chi connectivity index (χ4n) is 2.54. The first-order valence-electron chi connectivity index (χ1n) is 7.05. The van der Waals surface area contributed by atoms with Gasteiger partial charge in [-0.3, -0.25) is 4.18 Å². The van der Waals surface area contributed by atoms with E-state index in [4.69, 9.17) is 0 Å². The molecule has 1 heterocycles. The molecule has 0 amide bonds. The highest BCUT2D eigenvalue weighted by Gasteiger charge is 2.47. The van der Waals surface area contributed by atoms with Gasteiger partial charge in [-0.25, -0.2) is 0 Å². The van der Waals surface area contributed by atoms with Crippen LogP contribution >= 0.6 is 0 Å². The van der Waals surface area contributed by atoms with E-state index in [0.717, 1.165) is 21.7 Å². The zero-order chi connectivity index (χ0) is 17.4. The third-order valence-electron chi connectivity index (χ3n) is 3.61. The SMILES string of the molecule is O=S(=O)(OCC[n+]1cc2ccccc2c2ccccc21)C(F)(F)F. The minimum atomic E-state index is -5.58. The minimum absolute atomic E-state index is 0.0271. The maximum absolute atomic E-state index is 12.3. The van der Waals surface area contributed by atoms with E-state index in [-0.39, 0.29) is 6.54 Å². The summed E-state index contributed by atoms with van der Waals surface area (Å²) in [7, 11) is -5.58. The van der Waals surface area contributed by atoms with E-state index in [1.807, 2.05) is 42.5 Å². The molecule has 0 aliphatic carbocycles. The van der Waals surface area contributed by atoms with Gasteiger partial charge in [0.2, 0.25) is 5.52 Å². The van der Waals surface area contributed by atoms with Crippen molar-refractivity contribution in [1.82, 2.24) is 0 Å². The van der Waals surface area contributed by atoms with Crippen molar-refractivity contribution in [2.75, 3.05) is 6.61 Å². The van der Waals surface area contributed by atoms with Crippen LogP contribution in [0.4, 0.5) is 13.2 Å². The maximum Gasteiger partial charge on any atom is 0.523 e. The molecule has 0 saturated heterocycles. The smallest absolute Gasteiger partial charge is 0.256 e. The summed E-state index contributed by atoms with van der Waals surface area (Å²) in [6.07, 6.45) is 1.77.